The van der Waals surface area contributed by atoms with Crippen molar-refractivity contribution >= 4 is 46.0 Å². The Bertz CT molecular complexity index is 1180. The van der Waals surface area contributed by atoms with Crippen LogP contribution in [-0.4, -0.2) is 53.2 Å². The summed E-state index contributed by atoms with van der Waals surface area (Å²) in [5.41, 5.74) is 2.12. The minimum absolute atomic E-state index is 0.0299. The fraction of sp³-hybridized carbons (Fsp3) is 0.360. The van der Waals surface area contributed by atoms with Crippen molar-refractivity contribution in [1.29, 1.82) is 0 Å². The van der Waals surface area contributed by atoms with Gasteiger partial charge >= 0.3 is 0 Å². The number of anilines is 1. The van der Waals surface area contributed by atoms with Crippen LogP contribution in [0.25, 0.3) is 0 Å². The molecule has 178 valence electrons. The van der Waals surface area contributed by atoms with Crippen molar-refractivity contribution in [1.82, 2.24) is 4.90 Å². The van der Waals surface area contributed by atoms with Crippen LogP contribution in [-0.2, 0) is 9.59 Å². The molecule has 0 saturated carbocycles. The van der Waals surface area contributed by atoms with Crippen molar-refractivity contribution in [2.75, 3.05) is 19.5 Å². The minimum atomic E-state index is -0.447. The molecule has 0 fully saturated rings. The van der Waals surface area contributed by atoms with Gasteiger partial charge in [0.2, 0.25) is 5.91 Å². The Labute approximate surface area is 203 Å². The molecule has 0 aromatic heterocycles. The molecule has 4 rings (SSSR count). The topological polar surface area (TPSA) is 92.6 Å². The average molecular weight is 481 g/mol. The number of nitrogens with zero attached hydrogens (tertiary/aromatic N) is 3. The molecular weight excluding hydrogens is 452 g/mol. The van der Waals surface area contributed by atoms with E-state index in [9.17, 15) is 9.59 Å². The van der Waals surface area contributed by atoms with Gasteiger partial charge in [0.25, 0.3) is 5.91 Å². The molecule has 0 radical (unpaired) electrons. The summed E-state index contributed by atoms with van der Waals surface area (Å²) < 4.78 is 10.6. The van der Waals surface area contributed by atoms with Crippen LogP contribution in [0.15, 0.2) is 52.4 Å². The number of amides is 2. The predicted octanol–water partition coefficient (Wildman–Crippen LogP) is 4.47. The average Bonchev–Trinajstić information content (AvgIpc) is 3.20. The Morgan fingerprint density at radius 3 is 2.59 bits per heavy atom. The zero-order valence-corrected chi connectivity index (χ0v) is 20.7. The fourth-order valence-electron chi connectivity index (χ4n) is 4.01. The van der Waals surface area contributed by atoms with E-state index in [2.05, 4.69) is 10.3 Å². The van der Waals surface area contributed by atoms with E-state index in [4.69, 9.17) is 14.5 Å². The molecule has 2 aliphatic rings. The van der Waals surface area contributed by atoms with E-state index in [1.54, 1.807) is 32.4 Å². The summed E-state index contributed by atoms with van der Waals surface area (Å²) >= 11 is 1.34. The van der Waals surface area contributed by atoms with Gasteiger partial charge in [-0.05, 0) is 36.6 Å². The Kier molecular flexibility index (Phi) is 6.92. The molecule has 0 aliphatic carbocycles. The zero-order valence-electron chi connectivity index (χ0n) is 19.9. The molecule has 2 aromatic rings. The van der Waals surface area contributed by atoms with Gasteiger partial charge < -0.3 is 14.8 Å². The number of hydrogen-bond donors (Lipinski definition) is 1. The highest BCUT2D eigenvalue weighted by Gasteiger charge is 2.44. The van der Waals surface area contributed by atoms with Crippen LogP contribution in [0, 0.1) is 5.92 Å². The van der Waals surface area contributed by atoms with Crippen LogP contribution < -0.4 is 14.8 Å². The Hall–Kier alpha value is -3.33. The van der Waals surface area contributed by atoms with Gasteiger partial charge in [-0.3, -0.25) is 14.5 Å². The zero-order chi connectivity index (χ0) is 24.4. The Morgan fingerprint density at radius 2 is 1.91 bits per heavy atom. The molecule has 2 aliphatic heterocycles. The molecule has 0 spiro atoms. The Balaban J connectivity index is 1.63. The molecular formula is C25H28N4O4S. The van der Waals surface area contributed by atoms with Gasteiger partial charge in [0, 0.05) is 11.6 Å². The van der Waals surface area contributed by atoms with Crippen LogP contribution in [0.5, 0.6) is 11.5 Å². The maximum Gasteiger partial charge on any atom is 0.271 e. The van der Waals surface area contributed by atoms with Gasteiger partial charge in [0.1, 0.15) is 23.4 Å². The number of aliphatic imine (C=N–C) groups is 2. The SMILES string of the molecule is CCC(SC1=Nc2ccccc2C2=NC(=O)C(C(C)C)N12)C(=O)Nc1ccc(OC)cc1OC. The summed E-state index contributed by atoms with van der Waals surface area (Å²) in [5.74, 6) is 1.41. The number of carbonyl (C=O) groups is 2. The van der Waals surface area contributed by atoms with E-state index in [-0.39, 0.29) is 17.7 Å². The first kappa shape index (κ1) is 23.8. The van der Waals surface area contributed by atoms with E-state index in [1.807, 2.05) is 49.9 Å². The number of rotatable bonds is 7. The lowest BCUT2D eigenvalue weighted by Gasteiger charge is -2.33. The predicted molar refractivity (Wildman–Crippen MR) is 135 cm³/mol. The van der Waals surface area contributed by atoms with Gasteiger partial charge in [-0.25, -0.2) is 4.99 Å². The molecule has 2 aromatic carbocycles. The number of para-hydroxylation sites is 1. The highest BCUT2D eigenvalue weighted by atomic mass is 32.2. The van der Waals surface area contributed by atoms with E-state index in [1.165, 1.54) is 11.8 Å². The van der Waals surface area contributed by atoms with Crippen LogP contribution in [0.2, 0.25) is 0 Å². The number of fused-ring (bicyclic) bond motifs is 3. The van der Waals surface area contributed by atoms with Crippen LogP contribution >= 0.6 is 11.8 Å². The van der Waals surface area contributed by atoms with Gasteiger partial charge in [0.05, 0.1) is 30.8 Å². The normalized spacial score (nSPS) is 17.5. The fourth-order valence-corrected chi connectivity index (χ4v) is 5.07. The molecule has 34 heavy (non-hydrogen) atoms. The number of amidine groups is 2. The Morgan fingerprint density at radius 1 is 1.15 bits per heavy atom. The monoisotopic (exact) mass is 480 g/mol. The summed E-state index contributed by atoms with van der Waals surface area (Å²) in [6, 6.07) is 12.4. The van der Waals surface area contributed by atoms with Gasteiger partial charge in [-0.2, -0.15) is 4.99 Å². The van der Waals surface area contributed by atoms with E-state index in [0.717, 1.165) is 11.3 Å². The standard InChI is InChI=1S/C25H28N4O4S/c1-6-20(23(30)26-18-12-11-15(32-4)13-19(18)33-5)34-25-27-17-10-8-7-9-16(17)22-28-24(31)21(14(2)3)29(22)25/h7-14,20-21H,6H2,1-5H3,(H,26,30). The third kappa shape index (κ3) is 4.40. The molecule has 0 bridgehead atoms. The maximum atomic E-state index is 13.3. The number of methoxy groups -OCH3 is 2. The number of thioether (sulfide) groups is 1. The van der Waals surface area contributed by atoms with Crippen molar-refractivity contribution in [2.24, 2.45) is 15.9 Å². The summed E-state index contributed by atoms with van der Waals surface area (Å²) in [5, 5.41) is 3.12. The number of ether oxygens (including phenoxy) is 2. The first-order valence-electron chi connectivity index (χ1n) is 11.2. The number of carbonyl (C=O) groups excluding carboxylic acids is 2. The van der Waals surface area contributed by atoms with Gasteiger partial charge in [0.15, 0.2) is 5.17 Å². The minimum Gasteiger partial charge on any atom is -0.497 e. The molecule has 2 atom stereocenters. The van der Waals surface area contributed by atoms with Crippen molar-refractivity contribution in [3.05, 3.63) is 48.0 Å². The van der Waals surface area contributed by atoms with Crippen molar-refractivity contribution in [3.63, 3.8) is 0 Å². The highest BCUT2D eigenvalue weighted by molar-refractivity contribution is 8.15. The molecule has 2 unspecified atom stereocenters. The highest BCUT2D eigenvalue weighted by Crippen LogP contribution is 2.38. The third-order valence-electron chi connectivity index (χ3n) is 5.75. The van der Waals surface area contributed by atoms with Gasteiger partial charge in [-0.15, -0.1) is 0 Å². The lowest BCUT2D eigenvalue weighted by atomic mass is 10.0. The van der Waals surface area contributed by atoms with E-state index < -0.39 is 11.3 Å². The number of benzene rings is 2. The maximum absolute atomic E-state index is 13.3. The molecule has 9 heteroatoms. The van der Waals surface area contributed by atoms with E-state index >= 15 is 0 Å². The van der Waals surface area contributed by atoms with Crippen LogP contribution in [0.3, 0.4) is 0 Å². The second-order valence-corrected chi connectivity index (χ2v) is 9.48. The first-order valence-corrected chi connectivity index (χ1v) is 12.0. The summed E-state index contributed by atoms with van der Waals surface area (Å²) in [4.78, 5) is 37.2. The first-order chi connectivity index (χ1) is 16.4. The van der Waals surface area contributed by atoms with Crippen molar-refractivity contribution < 1.29 is 19.1 Å². The molecule has 1 N–H and O–H groups in total. The second kappa shape index (κ2) is 9.89. The summed E-state index contributed by atoms with van der Waals surface area (Å²) in [6.07, 6.45) is 0.566. The third-order valence-corrected chi connectivity index (χ3v) is 7.08. The lowest BCUT2D eigenvalue weighted by molar-refractivity contribution is -0.120. The molecule has 2 amide bonds. The number of hydrogen-bond acceptors (Lipinski definition) is 7. The van der Waals surface area contributed by atoms with Crippen molar-refractivity contribution in [2.45, 2.75) is 38.5 Å². The van der Waals surface area contributed by atoms with Crippen molar-refractivity contribution in [3.8, 4) is 11.5 Å². The summed E-state index contributed by atoms with van der Waals surface area (Å²) in [7, 11) is 3.12. The van der Waals surface area contributed by atoms with E-state index in [0.29, 0.717) is 34.6 Å². The second-order valence-electron chi connectivity index (χ2n) is 8.31. The van der Waals surface area contributed by atoms with Gasteiger partial charge in [-0.1, -0.05) is 44.7 Å². The van der Waals surface area contributed by atoms with Crippen LogP contribution in [0.4, 0.5) is 11.4 Å². The summed E-state index contributed by atoms with van der Waals surface area (Å²) in [6.45, 7) is 5.93. The van der Waals surface area contributed by atoms with Crippen LogP contribution in [0.1, 0.15) is 32.8 Å². The molecule has 0 saturated heterocycles. The lowest BCUT2D eigenvalue weighted by Crippen LogP contribution is -2.47. The largest absolute Gasteiger partial charge is 0.497 e. The molecule has 2 heterocycles. The quantitative estimate of drug-likeness (QED) is 0.629. The number of nitrogens with one attached hydrogen (secondary N) is 1. The molecule has 8 nitrogen and oxygen atoms in total. The smallest absolute Gasteiger partial charge is 0.271 e.